The molecule has 24 heavy (non-hydrogen) atoms. The number of amides is 1. The molecular weight excluding hydrogens is 304 g/mol. The number of carbonyl (C=O) groups is 1. The Kier molecular flexibility index (Phi) is 4.49. The Hall–Kier alpha value is -2.08. The van der Waals surface area contributed by atoms with Crippen LogP contribution in [0.2, 0.25) is 0 Å². The van der Waals surface area contributed by atoms with Crippen molar-refractivity contribution in [3.8, 4) is 0 Å². The van der Waals surface area contributed by atoms with E-state index in [2.05, 4.69) is 40.6 Å². The van der Waals surface area contributed by atoms with Gasteiger partial charge in [-0.15, -0.1) is 0 Å². The second-order valence-corrected chi connectivity index (χ2v) is 7.27. The summed E-state index contributed by atoms with van der Waals surface area (Å²) in [6, 6.07) is 6.42. The summed E-state index contributed by atoms with van der Waals surface area (Å²) in [6.45, 7) is 9.80. The first-order valence-electron chi connectivity index (χ1n) is 8.55. The molecular formula is C18H26N4O2. The first-order chi connectivity index (χ1) is 11.4. The molecule has 0 spiro atoms. The van der Waals surface area contributed by atoms with Gasteiger partial charge in [0.15, 0.2) is 0 Å². The van der Waals surface area contributed by atoms with Gasteiger partial charge in [0.2, 0.25) is 0 Å². The van der Waals surface area contributed by atoms with Gasteiger partial charge in [-0.05, 0) is 38.8 Å². The van der Waals surface area contributed by atoms with E-state index in [9.17, 15) is 4.79 Å². The maximum atomic E-state index is 12.3. The quantitative estimate of drug-likeness (QED) is 0.888. The number of piperazine rings is 1. The molecule has 1 saturated heterocycles. The van der Waals surface area contributed by atoms with Crippen molar-refractivity contribution in [1.29, 1.82) is 0 Å². The van der Waals surface area contributed by atoms with E-state index in [0.717, 1.165) is 29.7 Å². The lowest BCUT2D eigenvalue weighted by Gasteiger charge is -2.35. The monoisotopic (exact) mass is 330 g/mol. The summed E-state index contributed by atoms with van der Waals surface area (Å²) in [5.41, 5.74) is 2.80. The lowest BCUT2D eigenvalue weighted by atomic mass is 10.0. The highest BCUT2D eigenvalue weighted by molar-refractivity contribution is 5.82. The minimum atomic E-state index is -0.470. The van der Waals surface area contributed by atoms with Gasteiger partial charge in [-0.3, -0.25) is 5.10 Å². The number of nitrogens with zero attached hydrogens (tertiary/aromatic N) is 2. The number of aromatic amines is 1. The highest BCUT2D eigenvalue weighted by Gasteiger charge is 2.28. The van der Waals surface area contributed by atoms with Crippen molar-refractivity contribution in [3.63, 3.8) is 0 Å². The molecule has 1 aliphatic rings. The molecule has 2 heterocycles. The van der Waals surface area contributed by atoms with Gasteiger partial charge in [0, 0.05) is 30.7 Å². The molecule has 2 aromatic rings. The highest BCUT2D eigenvalue weighted by Crippen LogP contribution is 2.24. The SMILES string of the molecule is CCc1[nH]nc2cc(C3CN(C(=O)OC(C)(C)C)CCN3)ccc12. The van der Waals surface area contributed by atoms with Crippen LogP contribution >= 0.6 is 0 Å². The second-order valence-electron chi connectivity index (χ2n) is 7.27. The van der Waals surface area contributed by atoms with E-state index in [-0.39, 0.29) is 12.1 Å². The predicted octanol–water partition coefficient (Wildman–Crippen LogP) is 3.01. The number of ether oxygens (including phenoxy) is 1. The lowest BCUT2D eigenvalue weighted by Crippen LogP contribution is -2.49. The van der Waals surface area contributed by atoms with E-state index in [4.69, 9.17) is 4.74 Å². The molecule has 130 valence electrons. The highest BCUT2D eigenvalue weighted by atomic mass is 16.6. The molecule has 1 aromatic carbocycles. The van der Waals surface area contributed by atoms with Gasteiger partial charge in [0.05, 0.1) is 11.6 Å². The number of nitrogens with one attached hydrogen (secondary N) is 2. The molecule has 1 aromatic heterocycles. The molecule has 6 heteroatoms. The van der Waals surface area contributed by atoms with Crippen molar-refractivity contribution in [1.82, 2.24) is 20.4 Å². The summed E-state index contributed by atoms with van der Waals surface area (Å²) in [5, 5.41) is 12.1. The maximum absolute atomic E-state index is 12.3. The predicted molar refractivity (Wildman–Crippen MR) is 94.0 cm³/mol. The van der Waals surface area contributed by atoms with Crippen LogP contribution < -0.4 is 5.32 Å². The number of rotatable bonds is 2. The molecule has 0 radical (unpaired) electrons. The summed E-state index contributed by atoms with van der Waals surface area (Å²) in [4.78, 5) is 14.1. The molecule has 0 saturated carbocycles. The number of hydrogen-bond donors (Lipinski definition) is 2. The Morgan fingerprint density at radius 1 is 1.42 bits per heavy atom. The third-order valence-electron chi connectivity index (χ3n) is 4.24. The van der Waals surface area contributed by atoms with Gasteiger partial charge in [0.25, 0.3) is 0 Å². The minimum absolute atomic E-state index is 0.0949. The van der Waals surface area contributed by atoms with Gasteiger partial charge < -0.3 is 15.0 Å². The van der Waals surface area contributed by atoms with Gasteiger partial charge in [-0.2, -0.15) is 5.10 Å². The average Bonchev–Trinajstić information content (AvgIpc) is 2.95. The molecule has 1 amide bonds. The topological polar surface area (TPSA) is 70.2 Å². The van der Waals surface area contributed by atoms with Crippen molar-refractivity contribution in [2.75, 3.05) is 19.6 Å². The fraction of sp³-hybridized carbons (Fsp3) is 0.556. The number of aromatic nitrogens is 2. The third-order valence-corrected chi connectivity index (χ3v) is 4.24. The van der Waals surface area contributed by atoms with Gasteiger partial charge in [-0.1, -0.05) is 19.1 Å². The molecule has 0 bridgehead atoms. The van der Waals surface area contributed by atoms with E-state index in [1.807, 2.05) is 20.8 Å². The Morgan fingerprint density at radius 3 is 2.92 bits per heavy atom. The second kappa shape index (κ2) is 6.43. The summed E-state index contributed by atoms with van der Waals surface area (Å²) >= 11 is 0. The van der Waals surface area contributed by atoms with Crippen molar-refractivity contribution in [3.05, 3.63) is 29.5 Å². The molecule has 1 aliphatic heterocycles. The van der Waals surface area contributed by atoms with E-state index < -0.39 is 5.60 Å². The summed E-state index contributed by atoms with van der Waals surface area (Å²) in [7, 11) is 0. The molecule has 0 aliphatic carbocycles. The molecule has 3 rings (SSSR count). The fourth-order valence-corrected chi connectivity index (χ4v) is 3.04. The normalized spacial score (nSPS) is 18.8. The molecule has 2 N–H and O–H groups in total. The van der Waals surface area contributed by atoms with Crippen LogP contribution in [0.5, 0.6) is 0 Å². The third kappa shape index (κ3) is 3.53. The van der Waals surface area contributed by atoms with Crippen LogP contribution in [-0.4, -0.2) is 46.4 Å². The van der Waals surface area contributed by atoms with Gasteiger partial charge in [-0.25, -0.2) is 4.79 Å². The van der Waals surface area contributed by atoms with E-state index in [1.165, 1.54) is 5.39 Å². The van der Waals surface area contributed by atoms with Crippen molar-refractivity contribution >= 4 is 17.0 Å². The number of benzene rings is 1. The molecule has 6 nitrogen and oxygen atoms in total. The first kappa shape index (κ1) is 16.8. The zero-order valence-corrected chi connectivity index (χ0v) is 14.8. The fourth-order valence-electron chi connectivity index (χ4n) is 3.04. The van der Waals surface area contributed by atoms with Crippen LogP contribution in [0.3, 0.4) is 0 Å². The van der Waals surface area contributed by atoms with Gasteiger partial charge in [0.1, 0.15) is 5.60 Å². The van der Waals surface area contributed by atoms with Crippen LogP contribution in [0, 0.1) is 0 Å². The van der Waals surface area contributed by atoms with Crippen LogP contribution in [-0.2, 0) is 11.2 Å². The zero-order chi connectivity index (χ0) is 17.3. The van der Waals surface area contributed by atoms with E-state index >= 15 is 0 Å². The number of carbonyl (C=O) groups excluding carboxylic acids is 1. The Morgan fingerprint density at radius 2 is 2.21 bits per heavy atom. The first-order valence-corrected chi connectivity index (χ1v) is 8.55. The molecule has 1 fully saturated rings. The number of fused-ring (bicyclic) bond motifs is 1. The van der Waals surface area contributed by atoms with Crippen molar-refractivity contribution < 1.29 is 9.53 Å². The lowest BCUT2D eigenvalue weighted by molar-refractivity contribution is 0.0195. The summed E-state index contributed by atoms with van der Waals surface area (Å²) in [6.07, 6.45) is 0.687. The molecule has 1 unspecified atom stereocenters. The Labute approximate surface area is 142 Å². The number of aryl methyl sites for hydroxylation is 1. The Balaban J connectivity index is 1.76. The van der Waals surface area contributed by atoms with Crippen LogP contribution in [0.4, 0.5) is 4.79 Å². The summed E-state index contributed by atoms with van der Waals surface area (Å²) < 4.78 is 5.49. The standard InChI is InChI=1S/C18H26N4O2/c1-5-14-13-7-6-12(10-15(13)21-20-14)16-11-22(9-8-19-16)17(23)24-18(2,3)4/h6-7,10,16,19H,5,8-9,11H2,1-4H3,(H,20,21). The summed E-state index contributed by atoms with van der Waals surface area (Å²) in [5.74, 6) is 0. The molecule has 1 atom stereocenters. The van der Waals surface area contributed by atoms with Crippen LogP contribution in [0.15, 0.2) is 18.2 Å². The number of hydrogen-bond acceptors (Lipinski definition) is 4. The zero-order valence-electron chi connectivity index (χ0n) is 14.8. The smallest absolute Gasteiger partial charge is 0.410 e. The van der Waals surface area contributed by atoms with E-state index in [1.54, 1.807) is 4.90 Å². The maximum Gasteiger partial charge on any atom is 0.410 e. The van der Waals surface area contributed by atoms with Crippen LogP contribution in [0.1, 0.15) is 45.0 Å². The van der Waals surface area contributed by atoms with E-state index in [0.29, 0.717) is 13.1 Å². The largest absolute Gasteiger partial charge is 0.444 e. The minimum Gasteiger partial charge on any atom is -0.444 e. The number of H-pyrrole nitrogens is 1. The van der Waals surface area contributed by atoms with Crippen molar-refractivity contribution in [2.45, 2.75) is 45.8 Å². The van der Waals surface area contributed by atoms with Crippen molar-refractivity contribution in [2.24, 2.45) is 0 Å². The van der Waals surface area contributed by atoms with Gasteiger partial charge >= 0.3 is 6.09 Å². The van der Waals surface area contributed by atoms with Crippen LogP contribution in [0.25, 0.3) is 10.9 Å². The average molecular weight is 330 g/mol. The Bertz CT molecular complexity index is 732.